The number of rotatable bonds is 3. The Kier molecular flexibility index (Phi) is 2.76. The average molecular weight is 203 g/mol. The van der Waals surface area contributed by atoms with Crippen LogP contribution in [-0.2, 0) is 4.79 Å². The Bertz CT molecular complexity index is 369. The Hall–Kier alpha value is -1.31. The number of para-hydroxylation sites is 1. The van der Waals surface area contributed by atoms with E-state index in [1.165, 1.54) is 5.56 Å². The molecule has 1 aromatic carbocycles. The summed E-state index contributed by atoms with van der Waals surface area (Å²) in [6, 6.07) is 8.08. The summed E-state index contributed by atoms with van der Waals surface area (Å²) in [7, 11) is 0. The molecule has 0 aliphatic heterocycles. The third-order valence-corrected chi connectivity index (χ3v) is 2.92. The molecule has 2 heteroatoms. The van der Waals surface area contributed by atoms with E-state index in [4.69, 9.17) is 0 Å². The molecule has 1 aromatic rings. The van der Waals surface area contributed by atoms with Crippen LogP contribution in [0.15, 0.2) is 24.3 Å². The summed E-state index contributed by atoms with van der Waals surface area (Å²) in [4.78, 5) is 13.9. The van der Waals surface area contributed by atoms with Crippen LogP contribution in [-0.4, -0.2) is 12.5 Å². The van der Waals surface area contributed by atoms with E-state index >= 15 is 0 Å². The third kappa shape index (κ3) is 2.04. The fourth-order valence-electron chi connectivity index (χ4n) is 1.86. The zero-order valence-electron chi connectivity index (χ0n) is 9.36. The van der Waals surface area contributed by atoms with Crippen molar-refractivity contribution in [2.24, 2.45) is 5.92 Å². The van der Waals surface area contributed by atoms with E-state index in [-0.39, 0.29) is 0 Å². The van der Waals surface area contributed by atoms with Crippen LogP contribution in [0.1, 0.15) is 25.3 Å². The number of benzene rings is 1. The first kappa shape index (κ1) is 10.2. The van der Waals surface area contributed by atoms with Crippen molar-refractivity contribution >= 4 is 11.6 Å². The highest BCUT2D eigenvalue weighted by Gasteiger charge is 2.33. The van der Waals surface area contributed by atoms with Crippen molar-refractivity contribution in [3.8, 4) is 0 Å². The third-order valence-electron chi connectivity index (χ3n) is 2.92. The largest absolute Gasteiger partial charge is 0.312 e. The zero-order valence-corrected chi connectivity index (χ0v) is 9.36. The van der Waals surface area contributed by atoms with Crippen LogP contribution >= 0.6 is 0 Å². The second-order valence-electron chi connectivity index (χ2n) is 4.14. The van der Waals surface area contributed by atoms with Gasteiger partial charge in [0.2, 0.25) is 5.91 Å². The maximum atomic E-state index is 12.0. The van der Waals surface area contributed by atoms with Gasteiger partial charge in [0.1, 0.15) is 0 Å². The van der Waals surface area contributed by atoms with E-state index in [1.807, 2.05) is 30.0 Å². The summed E-state index contributed by atoms with van der Waals surface area (Å²) in [6.07, 6.45) is 2.14. The Balaban J connectivity index is 2.25. The van der Waals surface area contributed by atoms with Crippen LogP contribution in [0.2, 0.25) is 0 Å². The van der Waals surface area contributed by atoms with Crippen molar-refractivity contribution in [2.45, 2.75) is 26.7 Å². The first-order valence-corrected chi connectivity index (χ1v) is 5.61. The molecule has 0 atom stereocenters. The SMILES string of the molecule is CCN(C(=O)C1CC1)c1ccccc1C. The molecule has 2 rings (SSSR count). The second-order valence-corrected chi connectivity index (χ2v) is 4.14. The Morgan fingerprint density at radius 3 is 2.60 bits per heavy atom. The van der Waals surface area contributed by atoms with Crippen molar-refractivity contribution in [1.82, 2.24) is 0 Å². The molecule has 0 heterocycles. The van der Waals surface area contributed by atoms with Gasteiger partial charge in [0.15, 0.2) is 0 Å². The lowest BCUT2D eigenvalue weighted by Gasteiger charge is -2.22. The molecule has 1 saturated carbocycles. The molecule has 1 aliphatic rings. The number of anilines is 1. The highest BCUT2D eigenvalue weighted by atomic mass is 16.2. The van der Waals surface area contributed by atoms with E-state index in [0.29, 0.717) is 11.8 Å². The topological polar surface area (TPSA) is 20.3 Å². The fourth-order valence-corrected chi connectivity index (χ4v) is 1.86. The number of amides is 1. The molecular formula is C13H17NO. The van der Waals surface area contributed by atoms with Crippen LogP contribution in [0.4, 0.5) is 5.69 Å². The predicted octanol–water partition coefficient (Wildman–Crippen LogP) is 2.76. The van der Waals surface area contributed by atoms with Crippen molar-refractivity contribution < 1.29 is 4.79 Å². The summed E-state index contributed by atoms with van der Waals surface area (Å²) in [5.74, 6) is 0.594. The minimum atomic E-state index is 0.296. The van der Waals surface area contributed by atoms with Gasteiger partial charge >= 0.3 is 0 Å². The molecule has 0 bridgehead atoms. The van der Waals surface area contributed by atoms with E-state index in [0.717, 1.165) is 25.1 Å². The number of aryl methyl sites for hydroxylation is 1. The molecule has 0 saturated heterocycles. The molecule has 0 spiro atoms. The van der Waals surface area contributed by atoms with E-state index < -0.39 is 0 Å². The number of carbonyl (C=O) groups is 1. The molecule has 0 N–H and O–H groups in total. The van der Waals surface area contributed by atoms with Gasteiger partial charge in [-0.15, -0.1) is 0 Å². The lowest BCUT2D eigenvalue weighted by atomic mass is 10.1. The Labute approximate surface area is 90.9 Å². The average Bonchev–Trinajstić information content (AvgIpc) is 3.05. The minimum absolute atomic E-state index is 0.296. The van der Waals surface area contributed by atoms with Crippen LogP contribution in [0.3, 0.4) is 0 Å². The maximum Gasteiger partial charge on any atom is 0.230 e. The molecule has 2 nitrogen and oxygen atoms in total. The molecule has 80 valence electrons. The van der Waals surface area contributed by atoms with E-state index in [2.05, 4.69) is 13.0 Å². The number of carbonyl (C=O) groups excluding carboxylic acids is 1. The van der Waals surface area contributed by atoms with Gasteiger partial charge in [-0.25, -0.2) is 0 Å². The molecular weight excluding hydrogens is 186 g/mol. The lowest BCUT2D eigenvalue weighted by Crippen LogP contribution is -2.32. The molecule has 1 amide bonds. The van der Waals surface area contributed by atoms with Crippen LogP contribution < -0.4 is 4.90 Å². The number of hydrogen-bond donors (Lipinski definition) is 0. The summed E-state index contributed by atoms with van der Waals surface area (Å²) in [6.45, 7) is 4.85. The van der Waals surface area contributed by atoms with Gasteiger partial charge < -0.3 is 4.90 Å². The molecule has 1 fully saturated rings. The van der Waals surface area contributed by atoms with Gasteiger partial charge in [-0.3, -0.25) is 4.79 Å². The fraction of sp³-hybridized carbons (Fsp3) is 0.462. The minimum Gasteiger partial charge on any atom is -0.312 e. The molecule has 15 heavy (non-hydrogen) atoms. The smallest absolute Gasteiger partial charge is 0.230 e. The first-order valence-electron chi connectivity index (χ1n) is 5.61. The lowest BCUT2D eigenvalue weighted by molar-refractivity contribution is -0.119. The van der Waals surface area contributed by atoms with Gasteiger partial charge in [-0.05, 0) is 38.3 Å². The van der Waals surface area contributed by atoms with E-state index in [9.17, 15) is 4.79 Å². The van der Waals surface area contributed by atoms with Crippen molar-refractivity contribution in [1.29, 1.82) is 0 Å². The number of hydrogen-bond acceptors (Lipinski definition) is 1. The quantitative estimate of drug-likeness (QED) is 0.739. The maximum absolute atomic E-state index is 12.0. The first-order chi connectivity index (χ1) is 7.24. The van der Waals surface area contributed by atoms with Crippen molar-refractivity contribution in [3.63, 3.8) is 0 Å². The van der Waals surface area contributed by atoms with Crippen molar-refractivity contribution in [2.75, 3.05) is 11.4 Å². The van der Waals surface area contributed by atoms with Crippen molar-refractivity contribution in [3.05, 3.63) is 29.8 Å². The predicted molar refractivity (Wildman–Crippen MR) is 61.9 cm³/mol. The van der Waals surface area contributed by atoms with Gasteiger partial charge in [0.25, 0.3) is 0 Å². The summed E-state index contributed by atoms with van der Waals surface area (Å²) >= 11 is 0. The van der Waals surface area contributed by atoms with Gasteiger partial charge in [0.05, 0.1) is 0 Å². The molecule has 0 aromatic heterocycles. The highest BCUT2D eigenvalue weighted by Crippen LogP contribution is 2.33. The van der Waals surface area contributed by atoms with Gasteiger partial charge in [0, 0.05) is 18.2 Å². The molecule has 0 radical (unpaired) electrons. The van der Waals surface area contributed by atoms with Crippen LogP contribution in [0, 0.1) is 12.8 Å². The molecule has 1 aliphatic carbocycles. The Morgan fingerprint density at radius 2 is 2.07 bits per heavy atom. The summed E-state index contributed by atoms with van der Waals surface area (Å²) < 4.78 is 0. The summed E-state index contributed by atoms with van der Waals surface area (Å²) in [5.41, 5.74) is 2.24. The standard InChI is InChI=1S/C13H17NO/c1-3-14(13(15)11-8-9-11)12-7-5-4-6-10(12)2/h4-7,11H,3,8-9H2,1-2H3. The molecule has 0 unspecified atom stereocenters. The Morgan fingerprint density at radius 1 is 1.40 bits per heavy atom. The summed E-state index contributed by atoms with van der Waals surface area (Å²) in [5, 5.41) is 0. The normalized spacial score (nSPS) is 15.1. The van der Waals surface area contributed by atoms with Gasteiger partial charge in [-0.2, -0.15) is 0 Å². The number of nitrogens with zero attached hydrogens (tertiary/aromatic N) is 1. The second kappa shape index (κ2) is 4.05. The van der Waals surface area contributed by atoms with Gasteiger partial charge in [-0.1, -0.05) is 18.2 Å². The highest BCUT2D eigenvalue weighted by molar-refractivity contribution is 5.96. The zero-order chi connectivity index (χ0) is 10.8. The monoisotopic (exact) mass is 203 g/mol. The van der Waals surface area contributed by atoms with Crippen LogP contribution in [0.25, 0.3) is 0 Å². The van der Waals surface area contributed by atoms with Crippen LogP contribution in [0.5, 0.6) is 0 Å². The van der Waals surface area contributed by atoms with E-state index in [1.54, 1.807) is 0 Å².